The van der Waals surface area contributed by atoms with Gasteiger partial charge >= 0.3 is 0 Å². The summed E-state index contributed by atoms with van der Waals surface area (Å²) >= 11 is 0. The molecule has 0 fully saturated rings. The number of carbonyl (C=O) groups excluding carboxylic acids is 4. The average molecular weight is 376 g/mol. The van der Waals surface area contributed by atoms with Crippen molar-refractivity contribution < 1.29 is 19.2 Å². The molecule has 6 nitrogen and oxygen atoms in total. The van der Waals surface area contributed by atoms with E-state index >= 15 is 0 Å². The molecule has 0 bridgehead atoms. The zero-order chi connectivity index (χ0) is 19.9. The molecule has 4 amide bonds. The van der Waals surface area contributed by atoms with E-state index in [-0.39, 0.29) is 23.6 Å². The average Bonchev–Trinajstić information content (AvgIpc) is 2.71. The van der Waals surface area contributed by atoms with Crippen LogP contribution in [0.3, 0.4) is 0 Å². The smallest absolute Gasteiger partial charge is 0.253 e. The van der Waals surface area contributed by atoms with E-state index in [0.29, 0.717) is 25.9 Å². The van der Waals surface area contributed by atoms with Crippen LogP contribution in [0.15, 0.2) is 60.7 Å². The molecule has 0 aliphatic carbocycles. The number of carbonyl (C=O) groups is 4. The number of hydrogen-bond donors (Lipinski definition) is 0. The second-order valence-corrected chi connectivity index (χ2v) is 6.37. The highest BCUT2D eigenvalue weighted by Gasteiger charge is 2.19. The molecule has 0 radical (unpaired) electrons. The lowest BCUT2D eigenvalue weighted by Gasteiger charge is -2.19. The van der Waals surface area contributed by atoms with E-state index in [1.165, 1.54) is 34.1 Å². The van der Waals surface area contributed by atoms with Crippen LogP contribution in [0.2, 0.25) is 0 Å². The van der Waals surface area contributed by atoms with Gasteiger partial charge in [0.25, 0.3) is 23.6 Å². The molecule has 0 saturated heterocycles. The van der Waals surface area contributed by atoms with Crippen LogP contribution in [0.1, 0.15) is 24.0 Å². The van der Waals surface area contributed by atoms with Gasteiger partial charge in [0.15, 0.2) is 0 Å². The molecule has 0 saturated carbocycles. The summed E-state index contributed by atoms with van der Waals surface area (Å²) in [4.78, 5) is 50.0. The van der Waals surface area contributed by atoms with Gasteiger partial charge in [-0.1, -0.05) is 36.4 Å². The first-order valence-corrected chi connectivity index (χ1v) is 9.05. The summed E-state index contributed by atoms with van der Waals surface area (Å²) in [6, 6.07) is 7.22. The van der Waals surface area contributed by atoms with E-state index in [9.17, 15) is 19.2 Å². The molecule has 0 aromatic heterocycles. The fourth-order valence-electron chi connectivity index (χ4n) is 2.85. The number of imide groups is 2. The van der Waals surface area contributed by atoms with Gasteiger partial charge in [-0.25, -0.2) is 0 Å². The third kappa shape index (κ3) is 4.79. The van der Waals surface area contributed by atoms with Gasteiger partial charge in [0.1, 0.15) is 0 Å². The summed E-state index contributed by atoms with van der Waals surface area (Å²) in [6.45, 7) is 0.789. The van der Waals surface area contributed by atoms with Crippen molar-refractivity contribution in [3.63, 3.8) is 0 Å². The largest absolute Gasteiger partial charge is 0.275 e. The second-order valence-electron chi connectivity index (χ2n) is 6.37. The number of hydrogen-bond acceptors (Lipinski definition) is 4. The Morgan fingerprint density at radius 1 is 0.714 bits per heavy atom. The summed E-state index contributed by atoms with van der Waals surface area (Å²) < 4.78 is 0. The molecule has 2 aliphatic rings. The molecule has 0 spiro atoms. The third-order valence-corrected chi connectivity index (χ3v) is 4.40. The van der Waals surface area contributed by atoms with Crippen LogP contribution < -0.4 is 0 Å². The first-order chi connectivity index (χ1) is 13.5. The molecular weight excluding hydrogens is 356 g/mol. The molecule has 2 heterocycles. The van der Waals surface area contributed by atoms with E-state index < -0.39 is 0 Å². The fourth-order valence-corrected chi connectivity index (χ4v) is 2.85. The van der Waals surface area contributed by atoms with E-state index in [4.69, 9.17) is 0 Å². The monoisotopic (exact) mass is 376 g/mol. The van der Waals surface area contributed by atoms with Crippen molar-refractivity contribution in [2.24, 2.45) is 0 Å². The van der Waals surface area contributed by atoms with Crippen LogP contribution in [0.5, 0.6) is 0 Å². The molecule has 0 N–H and O–H groups in total. The van der Waals surface area contributed by atoms with E-state index in [1.54, 1.807) is 48.6 Å². The Hall–Kier alpha value is -3.54. The zero-order valence-corrected chi connectivity index (χ0v) is 15.3. The first kappa shape index (κ1) is 19.2. The van der Waals surface area contributed by atoms with Gasteiger partial charge in [0.2, 0.25) is 0 Å². The summed E-state index contributed by atoms with van der Waals surface area (Å²) in [6.07, 6.45) is 13.7. The maximum absolute atomic E-state index is 12.1. The highest BCUT2D eigenvalue weighted by molar-refractivity contribution is 6.07. The van der Waals surface area contributed by atoms with E-state index in [1.807, 2.05) is 0 Å². The minimum absolute atomic E-state index is 0.297. The van der Waals surface area contributed by atoms with Gasteiger partial charge in [-0.2, -0.15) is 0 Å². The summed E-state index contributed by atoms with van der Waals surface area (Å²) in [5.41, 5.74) is 1.60. The van der Waals surface area contributed by atoms with Gasteiger partial charge in [-0.15, -0.1) is 0 Å². The molecule has 1 aromatic carbocycles. The van der Waals surface area contributed by atoms with Crippen molar-refractivity contribution in [3.05, 3.63) is 71.8 Å². The molecular formula is C22H20N2O4. The molecule has 142 valence electrons. The standard InChI is InChI=1S/C22H20N2O4/c25-19-5-1-3-15-23(19)21(27)13-11-17-7-9-18(10-8-17)12-14-22(28)24-16-4-2-6-20(24)26/h1-2,5-14H,3-4,15-16H2/b13-11+,14-12+. The van der Waals surface area contributed by atoms with Gasteiger partial charge in [-0.3, -0.25) is 29.0 Å². The highest BCUT2D eigenvalue weighted by atomic mass is 16.2. The lowest BCUT2D eigenvalue weighted by molar-refractivity contribution is -0.140. The Kier molecular flexibility index (Phi) is 6.11. The number of amides is 4. The molecule has 0 unspecified atom stereocenters. The number of nitrogens with zero attached hydrogens (tertiary/aromatic N) is 2. The predicted octanol–water partition coefficient (Wildman–Crippen LogP) is 2.34. The maximum Gasteiger partial charge on any atom is 0.253 e. The van der Waals surface area contributed by atoms with E-state index in [0.717, 1.165) is 11.1 Å². The summed E-state index contributed by atoms with van der Waals surface area (Å²) in [5.74, 6) is -1.28. The van der Waals surface area contributed by atoms with Gasteiger partial charge in [0.05, 0.1) is 0 Å². The molecule has 6 heteroatoms. The highest BCUT2D eigenvalue weighted by Crippen LogP contribution is 2.11. The van der Waals surface area contributed by atoms with Crippen LogP contribution in [-0.2, 0) is 19.2 Å². The Morgan fingerprint density at radius 3 is 1.46 bits per heavy atom. The van der Waals surface area contributed by atoms with Crippen molar-refractivity contribution in [2.75, 3.05) is 13.1 Å². The number of benzene rings is 1. The van der Waals surface area contributed by atoms with E-state index in [2.05, 4.69) is 0 Å². The van der Waals surface area contributed by atoms with Crippen LogP contribution >= 0.6 is 0 Å². The lowest BCUT2D eigenvalue weighted by Crippen LogP contribution is -2.37. The molecule has 3 rings (SSSR count). The Bertz CT molecular complexity index is 832. The summed E-state index contributed by atoms with van der Waals surface area (Å²) in [7, 11) is 0. The molecule has 2 aliphatic heterocycles. The van der Waals surface area contributed by atoms with Crippen LogP contribution in [-0.4, -0.2) is 46.5 Å². The molecule has 0 atom stereocenters. The van der Waals surface area contributed by atoms with Crippen molar-refractivity contribution in [1.82, 2.24) is 9.80 Å². The topological polar surface area (TPSA) is 74.8 Å². The zero-order valence-electron chi connectivity index (χ0n) is 15.3. The maximum atomic E-state index is 12.1. The first-order valence-electron chi connectivity index (χ1n) is 9.05. The summed E-state index contributed by atoms with van der Waals surface area (Å²) in [5, 5.41) is 0. The number of rotatable bonds is 4. The predicted molar refractivity (Wildman–Crippen MR) is 105 cm³/mol. The minimum Gasteiger partial charge on any atom is -0.275 e. The Balaban J connectivity index is 1.58. The SMILES string of the molecule is O=C1C=CCCN1C(=O)/C=C/c1ccc(/C=C/C(=O)N2CCC=CC2=O)cc1. The van der Waals surface area contributed by atoms with Gasteiger partial charge < -0.3 is 0 Å². The van der Waals surface area contributed by atoms with Crippen molar-refractivity contribution in [3.8, 4) is 0 Å². The Morgan fingerprint density at radius 2 is 1.11 bits per heavy atom. The van der Waals surface area contributed by atoms with Crippen molar-refractivity contribution in [2.45, 2.75) is 12.8 Å². The van der Waals surface area contributed by atoms with Crippen molar-refractivity contribution >= 4 is 35.8 Å². The quantitative estimate of drug-likeness (QED) is 0.756. The van der Waals surface area contributed by atoms with Crippen LogP contribution in [0, 0.1) is 0 Å². The molecule has 28 heavy (non-hydrogen) atoms. The lowest BCUT2D eigenvalue weighted by atomic mass is 10.1. The normalized spacial score (nSPS) is 17.1. The van der Waals surface area contributed by atoms with Gasteiger partial charge in [0, 0.05) is 25.2 Å². The Labute approximate surface area is 163 Å². The van der Waals surface area contributed by atoms with Gasteiger partial charge in [-0.05, 0) is 48.3 Å². The second kappa shape index (κ2) is 8.90. The van der Waals surface area contributed by atoms with Crippen LogP contribution in [0.25, 0.3) is 12.2 Å². The van der Waals surface area contributed by atoms with Crippen molar-refractivity contribution in [1.29, 1.82) is 0 Å². The minimum atomic E-state index is -0.343. The fraction of sp³-hybridized carbons (Fsp3) is 0.182. The third-order valence-electron chi connectivity index (χ3n) is 4.40. The molecule has 1 aromatic rings. The van der Waals surface area contributed by atoms with Crippen LogP contribution in [0.4, 0.5) is 0 Å².